The Morgan fingerprint density at radius 3 is 1.91 bits per heavy atom. The third-order valence-corrected chi connectivity index (χ3v) is 4.82. The molecule has 0 aliphatic carbocycles. The number of hydrogen-bond donors (Lipinski definition) is 0. The molecule has 0 aromatic rings. The van der Waals surface area contributed by atoms with Gasteiger partial charge in [-0.1, -0.05) is 83.4 Å². The highest BCUT2D eigenvalue weighted by molar-refractivity contribution is 8.13. The zero-order chi connectivity index (χ0) is 16.6. The second-order valence-electron chi connectivity index (χ2n) is 6.03. The maximum absolute atomic E-state index is 11.7. The van der Waals surface area contributed by atoms with Crippen LogP contribution in [0.15, 0.2) is 0 Å². The van der Waals surface area contributed by atoms with Gasteiger partial charge in [-0.2, -0.15) is 0 Å². The van der Waals surface area contributed by atoms with Crippen LogP contribution in [0, 0.1) is 5.92 Å². The maximum atomic E-state index is 11.7. The Balaban J connectivity index is 3.32. The summed E-state index contributed by atoms with van der Waals surface area (Å²) in [4.78, 5) is 22.9. The Kier molecular flexibility index (Phi) is 15.0. The van der Waals surface area contributed by atoms with Gasteiger partial charge < -0.3 is 4.74 Å². The molecule has 0 aromatic heterocycles. The summed E-state index contributed by atoms with van der Waals surface area (Å²) < 4.78 is 4.62. The van der Waals surface area contributed by atoms with E-state index in [0.717, 1.165) is 12.2 Å². The number of thioether (sulfide) groups is 1. The van der Waals surface area contributed by atoms with Crippen molar-refractivity contribution in [3.63, 3.8) is 0 Å². The van der Waals surface area contributed by atoms with Crippen LogP contribution in [0.5, 0.6) is 0 Å². The zero-order valence-corrected chi connectivity index (χ0v) is 15.5. The van der Waals surface area contributed by atoms with Crippen molar-refractivity contribution in [1.29, 1.82) is 0 Å². The molecule has 0 spiro atoms. The molecule has 0 aliphatic rings. The van der Waals surface area contributed by atoms with E-state index in [9.17, 15) is 9.59 Å². The first-order valence-electron chi connectivity index (χ1n) is 8.85. The molecule has 0 heterocycles. The fourth-order valence-electron chi connectivity index (χ4n) is 2.37. The van der Waals surface area contributed by atoms with Crippen LogP contribution in [0.3, 0.4) is 0 Å². The van der Waals surface area contributed by atoms with Crippen molar-refractivity contribution in [3.05, 3.63) is 0 Å². The average molecular weight is 331 g/mol. The molecule has 0 rings (SSSR count). The number of carbonyl (C=O) groups excluding carboxylic acids is 2. The monoisotopic (exact) mass is 330 g/mol. The number of unbranched alkanes of at least 4 members (excludes halogenated alkanes) is 9. The molecule has 0 saturated heterocycles. The maximum Gasteiger partial charge on any atom is 0.308 e. The van der Waals surface area contributed by atoms with Crippen LogP contribution in [-0.2, 0) is 14.3 Å². The first-order chi connectivity index (χ1) is 10.6. The predicted octanol–water partition coefficient (Wildman–Crippen LogP) is 5.37. The first kappa shape index (κ1) is 21.5. The van der Waals surface area contributed by atoms with Crippen LogP contribution in [-0.4, -0.2) is 23.9 Å². The fourth-order valence-corrected chi connectivity index (χ4v) is 3.31. The normalized spacial score (nSPS) is 12.1. The highest BCUT2D eigenvalue weighted by Gasteiger charge is 2.17. The number of ether oxygens (including phenoxy) is 1. The van der Waals surface area contributed by atoms with Crippen LogP contribution in [0.25, 0.3) is 0 Å². The third kappa shape index (κ3) is 13.2. The number of esters is 1. The SMILES string of the molecule is CCCCCCCCCCCCSC(=O)CC(C)C(=O)OC. The number of carbonyl (C=O) groups is 2. The van der Waals surface area contributed by atoms with Crippen molar-refractivity contribution in [2.24, 2.45) is 5.92 Å². The van der Waals surface area contributed by atoms with Gasteiger partial charge in [0.25, 0.3) is 0 Å². The summed E-state index contributed by atoms with van der Waals surface area (Å²) in [7, 11) is 1.36. The first-order valence-corrected chi connectivity index (χ1v) is 9.83. The largest absolute Gasteiger partial charge is 0.469 e. The lowest BCUT2D eigenvalue weighted by Gasteiger charge is -2.07. The summed E-state index contributed by atoms with van der Waals surface area (Å²) in [5.41, 5.74) is 0. The highest BCUT2D eigenvalue weighted by Crippen LogP contribution is 2.16. The lowest BCUT2D eigenvalue weighted by molar-refractivity contribution is -0.145. The topological polar surface area (TPSA) is 43.4 Å². The van der Waals surface area contributed by atoms with Crippen molar-refractivity contribution < 1.29 is 14.3 Å². The summed E-state index contributed by atoms with van der Waals surface area (Å²) in [5, 5.41) is 0.105. The number of rotatable bonds is 14. The number of hydrogen-bond acceptors (Lipinski definition) is 4. The molecule has 0 aromatic carbocycles. The molecule has 0 saturated carbocycles. The van der Waals surface area contributed by atoms with E-state index < -0.39 is 0 Å². The van der Waals surface area contributed by atoms with Crippen LogP contribution < -0.4 is 0 Å². The Morgan fingerprint density at radius 1 is 0.909 bits per heavy atom. The van der Waals surface area contributed by atoms with Gasteiger partial charge in [0.15, 0.2) is 5.12 Å². The summed E-state index contributed by atoms with van der Waals surface area (Å²) in [6.07, 6.45) is 13.4. The highest BCUT2D eigenvalue weighted by atomic mass is 32.2. The molecule has 22 heavy (non-hydrogen) atoms. The third-order valence-electron chi connectivity index (χ3n) is 3.84. The Bertz CT molecular complexity index is 292. The van der Waals surface area contributed by atoms with Crippen LogP contribution in [0.2, 0.25) is 0 Å². The predicted molar refractivity (Wildman–Crippen MR) is 95.1 cm³/mol. The lowest BCUT2D eigenvalue weighted by atomic mass is 10.1. The molecule has 0 aliphatic heterocycles. The molecule has 4 heteroatoms. The van der Waals surface area contributed by atoms with E-state index in [1.165, 1.54) is 76.7 Å². The van der Waals surface area contributed by atoms with E-state index in [-0.39, 0.29) is 23.4 Å². The lowest BCUT2D eigenvalue weighted by Crippen LogP contribution is -2.15. The van der Waals surface area contributed by atoms with Gasteiger partial charge in [0.2, 0.25) is 0 Å². The van der Waals surface area contributed by atoms with Crippen molar-refractivity contribution in [1.82, 2.24) is 0 Å². The zero-order valence-electron chi connectivity index (χ0n) is 14.7. The van der Waals surface area contributed by atoms with Gasteiger partial charge in [-0.3, -0.25) is 9.59 Å². The molecule has 0 bridgehead atoms. The van der Waals surface area contributed by atoms with E-state index in [2.05, 4.69) is 11.7 Å². The van der Waals surface area contributed by atoms with Gasteiger partial charge in [-0.05, 0) is 6.42 Å². The average Bonchev–Trinajstić information content (AvgIpc) is 2.51. The fraction of sp³-hybridized carbons (Fsp3) is 0.889. The molecular weight excluding hydrogens is 296 g/mol. The summed E-state index contributed by atoms with van der Waals surface area (Å²) >= 11 is 1.36. The Labute approximate surface area is 141 Å². The van der Waals surface area contributed by atoms with E-state index in [4.69, 9.17) is 0 Å². The summed E-state index contributed by atoms with van der Waals surface area (Å²) in [6, 6.07) is 0. The van der Waals surface area contributed by atoms with Gasteiger partial charge >= 0.3 is 5.97 Å². The van der Waals surface area contributed by atoms with Gasteiger partial charge in [-0.15, -0.1) is 0 Å². The molecule has 0 amide bonds. The van der Waals surface area contributed by atoms with E-state index in [1.54, 1.807) is 6.92 Å². The van der Waals surface area contributed by atoms with E-state index in [1.807, 2.05) is 0 Å². The van der Waals surface area contributed by atoms with Crippen molar-refractivity contribution in [3.8, 4) is 0 Å². The molecule has 130 valence electrons. The minimum absolute atomic E-state index is 0.105. The van der Waals surface area contributed by atoms with Gasteiger partial charge in [0, 0.05) is 12.2 Å². The molecule has 0 fully saturated rings. The molecule has 1 atom stereocenters. The molecular formula is C18H34O3S. The van der Waals surface area contributed by atoms with Crippen LogP contribution in [0.4, 0.5) is 0 Å². The van der Waals surface area contributed by atoms with Crippen molar-refractivity contribution in [2.45, 2.75) is 84.5 Å². The minimum atomic E-state index is -0.322. The Morgan fingerprint density at radius 2 is 1.41 bits per heavy atom. The van der Waals surface area contributed by atoms with Crippen LogP contribution in [0.1, 0.15) is 84.5 Å². The number of methoxy groups -OCH3 is 1. The quantitative estimate of drug-likeness (QED) is 0.317. The van der Waals surface area contributed by atoms with Crippen molar-refractivity contribution in [2.75, 3.05) is 12.9 Å². The second-order valence-corrected chi connectivity index (χ2v) is 7.18. The standard InChI is InChI=1S/C18H34O3S/c1-4-5-6-7-8-9-10-11-12-13-14-22-17(19)15-16(2)18(20)21-3/h16H,4-15H2,1-3H3. The Hall–Kier alpha value is -0.510. The summed E-state index contributed by atoms with van der Waals surface area (Å²) in [6.45, 7) is 3.99. The van der Waals surface area contributed by atoms with E-state index in [0.29, 0.717) is 0 Å². The van der Waals surface area contributed by atoms with Gasteiger partial charge in [0.05, 0.1) is 13.0 Å². The summed E-state index contributed by atoms with van der Waals surface area (Å²) in [5.74, 6) is 0.258. The smallest absolute Gasteiger partial charge is 0.308 e. The minimum Gasteiger partial charge on any atom is -0.469 e. The van der Waals surface area contributed by atoms with Crippen molar-refractivity contribution >= 4 is 22.8 Å². The second kappa shape index (κ2) is 15.4. The molecule has 0 N–H and O–H groups in total. The van der Waals surface area contributed by atoms with Gasteiger partial charge in [-0.25, -0.2) is 0 Å². The molecule has 0 radical (unpaired) electrons. The van der Waals surface area contributed by atoms with E-state index >= 15 is 0 Å². The van der Waals surface area contributed by atoms with Crippen LogP contribution >= 0.6 is 11.8 Å². The van der Waals surface area contributed by atoms with Gasteiger partial charge in [0.1, 0.15) is 0 Å². The molecule has 1 unspecified atom stereocenters. The molecule has 3 nitrogen and oxygen atoms in total.